The number of nitrogens with one attached hydrogen (secondary N) is 1. The van der Waals surface area contributed by atoms with Crippen LogP contribution in [-0.4, -0.2) is 42.0 Å². The van der Waals surface area contributed by atoms with E-state index < -0.39 is 38.7 Å². The van der Waals surface area contributed by atoms with Crippen LogP contribution in [0.25, 0.3) is 0 Å². The van der Waals surface area contributed by atoms with Gasteiger partial charge in [-0.2, -0.15) is 0 Å². The van der Waals surface area contributed by atoms with Crippen molar-refractivity contribution in [1.29, 1.82) is 0 Å². The van der Waals surface area contributed by atoms with E-state index in [2.05, 4.69) is 4.98 Å². The average molecular weight is 376 g/mol. The average Bonchev–Trinajstić information content (AvgIpc) is 2.87. The summed E-state index contributed by atoms with van der Waals surface area (Å²) in [5.41, 5.74) is -1.44. The number of benzene rings is 1. The van der Waals surface area contributed by atoms with E-state index in [1.807, 2.05) is 0 Å². The Morgan fingerprint density at radius 3 is 2.23 bits per heavy atom. The van der Waals surface area contributed by atoms with Crippen LogP contribution in [0.15, 0.2) is 46.2 Å². The second-order valence-electron chi connectivity index (χ2n) is 5.31. The maximum absolute atomic E-state index is 12.2. The minimum absolute atomic E-state index is 0.0570. The van der Waals surface area contributed by atoms with Crippen LogP contribution in [0.2, 0.25) is 0 Å². The predicted octanol–water partition coefficient (Wildman–Crippen LogP) is 0.536. The molecule has 10 heteroatoms. The van der Waals surface area contributed by atoms with Gasteiger partial charge in [0.05, 0.1) is 21.8 Å². The highest BCUT2D eigenvalue weighted by Crippen LogP contribution is 2.23. The predicted molar refractivity (Wildman–Crippen MR) is 87.1 cm³/mol. The molecule has 1 aromatic carbocycles. The molecule has 2 amide bonds. The third-order valence-electron chi connectivity index (χ3n) is 3.77. The summed E-state index contributed by atoms with van der Waals surface area (Å²) in [6.45, 7) is 1.40. The summed E-state index contributed by atoms with van der Waals surface area (Å²) < 4.78 is 23.8. The van der Waals surface area contributed by atoms with Crippen LogP contribution >= 0.6 is 0 Å². The van der Waals surface area contributed by atoms with E-state index in [0.29, 0.717) is 0 Å². The highest BCUT2D eigenvalue weighted by atomic mass is 32.2. The zero-order chi connectivity index (χ0) is 19.1. The van der Waals surface area contributed by atoms with Gasteiger partial charge in [0.2, 0.25) is 0 Å². The topological polar surface area (TPSA) is 131 Å². The quantitative estimate of drug-likeness (QED) is 0.770. The maximum Gasteiger partial charge on any atom is 0.369 e. The van der Waals surface area contributed by atoms with E-state index in [0.717, 1.165) is 12.3 Å². The van der Waals surface area contributed by atoms with Gasteiger partial charge in [-0.25, -0.2) is 13.2 Å². The number of fused-ring (bicyclic) bond motifs is 1. The third kappa shape index (κ3) is 2.80. The summed E-state index contributed by atoms with van der Waals surface area (Å²) in [4.78, 5) is 55.1. The smallest absolute Gasteiger partial charge is 0.327 e. The molecule has 3 rings (SSSR count). The van der Waals surface area contributed by atoms with Gasteiger partial charge < -0.3 is 9.82 Å². The number of nitrogens with zero attached hydrogens (tertiary/aromatic N) is 1. The number of carbonyl (C=O) groups is 3. The van der Waals surface area contributed by atoms with Crippen LogP contribution in [0, 0.1) is 0 Å². The monoisotopic (exact) mass is 376 g/mol. The Labute approximate surface area is 147 Å². The van der Waals surface area contributed by atoms with E-state index in [9.17, 15) is 27.6 Å². The van der Waals surface area contributed by atoms with Gasteiger partial charge in [0, 0.05) is 6.20 Å². The first-order valence-electron chi connectivity index (χ1n) is 7.42. The number of hydrogen-bond acceptors (Lipinski definition) is 7. The molecule has 1 aliphatic heterocycles. The van der Waals surface area contributed by atoms with Crippen molar-refractivity contribution < 1.29 is 27.6 Å². The lowest BCUT2D eigenvalue weighted by molar-refractivity contribution is -0.0586. The number of carbonyl (C=O) groups excluding carboxylic acids is 3. The van der Waals surface area contributed by atoms with E-state index in [-0.39, 0.29) is 26.8 Å². The molecule has 2 aromatic rings. The van der Waals surface area contributed by atoms with Gasteiger partial charge in [-0.15, -0.1) is 0 Å². The molecule has 0 aliphatic carbocycles. The van der Waals surface area contributed by atoms with E-state index in [4.69, 9.17) is 4.84 Å². The Kier molecular flexibility index (Phi) is 4.20. The number of aromatic amines is 1. The number of imide groups is 1. The van der Waals surface area contributed by atoms with Gasteiger partial charge in [0.25, 0.3) is 17.4 Å². The first kappa shape index (κ1) is 17.5. The van der Waals surface area contributed by atoms with Crippen LogP contribution in [0.4, 0.5) is 0 Å². The number of amides is 2. The van der Waals surface area contributed by atoms with Gasteiger partial charge in [-0.1, -0.05) is 24.1 Å². The zero-order valence-corrected chi connectivity index (χ0v) is 14.2. The summed E-state index contributed by atoms with van der Waals surface area (Å²) in [5.74, 6) is -3.28. The molecule has 1 aromatic heterocycles. The molecule has 0 saturated carbocycles. The van der Waals surface area contributed by atoms with Crippen molar-refractivity contribution in [2.75, 3.05) is 5.75 Å². The summed E-state index contributed by atoms with van der Waals surface area (Å²) in [5, 5.41) is 0.243. The maximum atomic E-state index is 12.2. The summed E-state index contributed by atoms with van der Waals surface area (Å²) in [7, 11) is -3.69. The molecule has 0 unspecified atom stereocenters. The normalized spacial score (nSPS) is 13.7. The molecule has 134 valence electrons. The molecule has 0 fully saturated rings. The number of pyridine rings is 1. The number of H-pyrrole nitrogens is 1. The summed E-state index contributed by atoms with van der Waals surface area (Å²) >= 11 is 0. The van der Waals surface area contributed by atoms with Gasteiger partial charge in [0.1, 0.15) is 5.56 Å². The molecule has 1 N–H and O–H groups in total. The van der Waals surface area contributed by atoms with Crippen molar-refractivity contribution in [3.05, 3.63) is 63.6 Å². The largest absolute Gasteiger partial charge is 0.369 e. The van der Waals surface area contributed by atoms with Crippen LogP contribution in [-0.2, 0) is 14.7 Å². The second-order valence-corrected chi connectivity index (χ2v) is 7.59. The van der Waals surface area contributed by atoms with Crippen molar-refractivity contribution in [2.45, 2.75) is 11.8 Å². The van der Waals surface area contributed by atoms with E-state index in [1.54, 1.807) is 12.1 Å². The Morgan fingerprint density at radius 1 is 1.12 bits per heavy atom. The van der Waals surface area contributed by atoms with Crippen molar-refractivity contribution in [1.82, 2.24) is 10.0 Å². The molecule has 0 spiro atoms. The molecule has 1 aliphatic rings. The molecule has 2 heterocycles. The minimum Gasteiger partial charge on any atom is -0.327 e. The number of sulfone groups is 1. The van der Waals surface area contributed by atoms with E-state index in [1.165, 1.54) is 19.1 Å². The van der Waals surface area contributed by atoms with Crippen LogP contribution in [0.1, 0.15) is 38.0 Å². The second kappa shape index (κ2) is 6.23. The lowest BCUT2D eigenvalue weighted by atomic mass is 10.1. The minimum atomic E-state index is -3.69. The van der Waals surface area contributed by atoms with Gasteiger partial charge >= 0.3 is 5.97 Å². The standard InChI is InChI=1S/C16H12N2O7S/c1-2-26(23,24)9-7-12(13(19)17-8-9)16(22)25-18-14(20)10-5-3-4-6-11(10)15(18)21/h3-8H,2H2,1H3,(H,17,19). The van der Waals surface area contributed by atoms with E-state index >= 15 is 0 Å². The number of hydroxylamine groups is 2. The first-order valence-corrected chi connectivity index (χ1v) is 9.07. The molecule has 0 radical (unpaired) electrons. The van der Waals surface area contributed by atoms with Crippen LogP contribution in [0.3, 0.4) is 0 Å². The lowest BCUT2D eigenvalue weighted by Gasteiger charge is -2.12. The van der Waals surface area contributed by atoms with Crippen molar-refractivity contribution >= 4 is 27.6 Å². The molecule has 0 bridgehead atoms. The fourth-order valence-corrected chi connectivity index (χ4v) is 3.21. The molecule has 26 heavy (non-hydrogen) atoms. The lowest BCUT2D eigenvalue weighted by Crippen LogP contribution is -2.34. The fraction of sp³-hybridized carbons (Fsp3) is 0.125. The van der Waals surface area contributed by atoms with Gasteiger partial charge in [0.15, 0.2) is 9.84 Å². The first-order chi connectivity index (χ1) is 12.3. The fourth-order valence-electron chi connectivity index (χ4n) is 2.34. The highest BCUT2D eigenvalue weighted by Gasteiger charge is 2.39. The molecular formula is C16H12N2O7S. The Hall–Kier alpha value is -3.27. The van der Waals surface area contributed by atoms with Crippen LogP contribution in [0.5, 0.6) is 0 Å². The Bertz CT molecular complexity index is 1070. The Balaban J connectivity index is 1.93. The van der Waals surface area contributed by atoms with Gasteiger partial charge in [-0.3, -0.25) is 14.4 Å². The third-order valence-corrected chi connectivity index (χ3v) is 5.48. The Morgan fingerprint density at radius 2 is 1.69 bits per heavy atom. The number of aromatic nitrogens is 1. The molecule has 9 nitrogen and oxygen atoms in total. The molecular weight excluding hydrogens is 364 g/mol. The summed E-state index contributed by atoms with van der Waals surface area (Å²) in [6, 6.07) is 6.71. The van der Waals surface area contributed by atoms with Crippen molar-refractivity contribution in [2.24, 2.45) is 0 Å². The van der Waals surface area contributed by atoms with Gasteiger partial charge in [-0.05, 0) is 18.2 Å². The zero-order valence-electron chi connectivity index (χ0n) is 13.4. The number of rotatable bonds is 4. The highest BCUT2D eigenvalue weighted by molar-refractivity contribution is 7.91. The van der Waals surface area contributed by atoms with Crippen LogP contribution < -0.4 is 5.56 Å². The molecule has 0 atom stereocenters. The molecule has 0 saturated heterocycles. The number of hydrogen-bond donors (Lipinski definition) is 1. The summed E-state index contributed by atoms with van der Waals surface area (Å²) in [6.07, 6.45) is 0.958. The van der Waals surface area contributed by atoms with Crippen molar-refractivity contribution in [3.63, 3.8) is 0 Å². The SMILES string of the molecule is CCS(=O)(=O)c1c[nH]c(=O)c(C(=O)ON2C(=O)c3ccccc3C2=O)c1. The van der Waals surface area contributed by atoms with Crippen molar-refractivity contribution in [3.8, 4) is 0 Å².